The Morgan fingerprint density at radius 2 is 2.09 bits per heavy atom. The quantitative estimate of drug-likeness (QED) is 0.803. The fraction of sp³-hybridized carbons (Fsp3) is 0.333. The summed E-state index contributed by atoms with van der Waals surface area (Å²) >= 11 is 1.19. The second-order valence-electron chi connectivity index (χ2n) is 5.80. The number of anilines is 1. The predicted molar refractivity (Wildman–Crippen MR) is 80.5 cm³/mol. The highest BCUT2D eigenvalue weighted by Crippen LogP contribution is 2.36. The van der Waals surface area contributed by atoms with Crippen LogP contribution in [-0.2, 0) is 10.9 Å². The molecule has 1 aliphatic heterocycles. The maximum Gasteiger partial charge on any atom is 0.416 e. The van der Waals surface area contributed by atoms with Crippen LogP contribution in [0.25, 0.3) is 11.3 Å². The van der Waals surface area contributed by atoms with E-state index in [1.54, 1.807) is 11.4 Å². The van der Waals surface area contributed by atoms with Crippen LogP contribution in [0.4, 0.5) is 23.1 Å². The monoisotopic (exact) mass is 342 g/mol. The zero-order valence-corrected chi connectivity index (χ0v) is 13.2. The number of cyclic esters (lactones) is 1. The van der Waals surface area contributed by atoms with E-state index in [9.17, 15) is 18.0 Å². The Morgan fingerprint density at radius 1 is 1.35 bits per heavy atom. The van der Waals surface area contributed by atoms with Gasteiger partial charge in [-0.05, 0) is 26.0 Å². The number of benzene rings is 1. The van der Waals surface area contributed by atoms with Crippen LogP contribution in [0.5, 0.6) is 0 Å². The van der Waals surface area contributed by atoms with Crippen molar-refractivity contribution < 1.29 is 22.7 Å². The summed E-state index contributed by atoms with van der Waals surface area (Å²) in [5.41, 5.74) is -0.523. The molecule has 1 aromatic heterocycles. The lowest BCUT2D eigenvalue weighted by atomic mass is 10.1. The van der Waals surface area contributed by atoms with Gasteiger partial charge in [0, 0.05) is 10.9 Å². The van der Waals surface area contributed by atoms with Crippen molar-refractivity contribution >= 4 is 22.6 Å². The van der Waals surface area contributed by atoms with Crippen LogP contribution in [0.3, 0.4) is 0 Å². The number of alkyl halides is 3. The van der Waals surface area contributed by atoms with Gasteiger partial charge in [-0.15, -0.1) is 11.3 Å². The fourth-order valence-corrected chi connectivity index (χ4v) is 3.29. The van der Waals surface area contributed by atoms with E-state index in [-0.39, 0.29) is 6.61 Å². The Morgan fingerprint density at radius 3 is 2.70 bits per heavy atom. The molecule has 122 valence electrons. The molecule has 0 bridgehead atoms. The van der Waals surface area contributed by atoms with Crippen molar-refractivity contribution in [3.63, 3.8) is 0 Å². The van der Waals surface area contributed by atoms with Gasteiger partial charge in [-0.25, -0.2) is 14.7 Å². The van der Waals surface area contributed by atoms with Gasteiger partial charge in [-0.3, -0.25) is 0 Å². The Kier molecular flexibility index (Phi) is 3.59. The van der Waals surface area contributed by atoms with Crippen LogP contribution >= 0.6 is 11.3 Å². The van der Waals surface area contributed by atoms with Crippen LogP contribution in [0.2, 0.25) is 0 Å². The van der Waals surface area contributed by atoms with Crippen molar-refractivity contribution in [3.05, 3.63) is 35.2 Å². The molecule has 1 amide bonds. The minimum Gasteiger partial charge on any atom is -0.447 e. The van der Waals surface area contributed by atoms with Gasteiger partial charge in [-0.2, -0.15) is 13.2 Å². The third kappa shape index (κ3) is 2.90. The molecule has 0 atom stereocenters. The molecular weight excluding hydrogens is 329 g/mol. The van der Waals surface area contributed by atoms with E-state index in [0.29, 0.717) is 16.4 Å². The number of hydrogen-bond acceptors (Lipinski definition) is 4. The second-order valence-corrected chi connectivity index (χ2v) is 6.63. The van der Waals surface area contributed by atoms with E-state index >= 15 is 0 Å². The second kappa shape index (κ2) is 5.23. The number of amides is 1. The lowest BCUT2D eigenvalue weighted by molar-refractivity contribution is -0.137. The molecule has 23 heavy (non-hydrogen) atoms. The SMILES string of the molecule is CC1(C)COC(=O)N1c1nc(-c2cccc(C(F)(F)F)c2)cs1. The van der Waals surface area contributed by atoms with Gasteiger partial charge < -0.3 is 4.74 Å². The zero-order valence-electron chi connectivity index (χ0n) is 12.3. The van der Waals surface area contributed by atoms with E-state index in [1.165, 1.54) is 22.3 Å². The topological polar surface area (TPSA) is 42.4 Å². The zero-order chi connectivity index (χ0) is 16.8. The van der Waals surface area contributed by atoms with Gasteiger partial charge in [0.2, 0.25) is 0 Å². The fourth-order valence-electron chi connectivity index (χ4n) is 2.31. The molecule has 2 aromatic rings. The molecule has 1 aromatic carbocycles. The van der Waals surface area contributed by atoms with Crippen molar-refractivity contribution in [3.8, 4) is 11.3 Å². The van der Waals surface area contributed by atoms with Crippen LogP contribution < -0.4 is 4.90 Å². The lowest BCUT2D eigenvalue weighted by Crippen LogP contribution is -2.42. The molecule has 8 heteroatoms. The summed E-state index contributed by atoms with van der Waals surface area (Å²) in [6, 6.07) is 4.96. The third-order valence-electron chi connectivity index (χ3n) is 3.51. The summed E-state index contributed by atoms with van der Waals surface area (Å²) in [6.45, 7) is 3.91. The summed E-state index contributed by atoms with van der Waals surface area (Å²) in [5, 5.41) is 2.04. The molecule has 2 heterocycles. The van der Waals surface area contributed by atoms with E-state index in [1.807, 2.05) is 13.8 Å². The van der Waals surface area contributed by atoms with Crippen LogP contribution in [0.1, 0.15) is 19.4 Å². The molecular formula is C15H13F3N2O2S. The Labute approximate surface area is 134 Å². The normalized spacial score (nSPS) is 17.4. The molecule has 0 radical (unpaired) electrons. The molecule has 0 unspecified atom stereocenters. The summed E-state index contributed by atoms with van der Waals surface area (Å²) in [7, 11) is 0. The first kappa shape index (κ1) is 15.8. The van der Waals surface area contributed by atoms with Crippen molar-refractivity contribution in [2.75, 3.05) is 11.5 Å². The molecule has 1 saturated heterocycles. The highest BCUT2D eigenvalue weighted by Gasteiger charge is 2.42. The van der Waals surface area contributed by atoms with Gasteiger partial charge in [0.25, 0.3) is 0 Å². The number of thiazole rings is 1. The minimum absolute atomic E-state index is 0.240. The van der Waals surface area contributed by atoms with Crippen molar-refractivity contribution in [1.29, 1.82) is 0 Å². The largest absolute Gasteiger partial charge is 0.447 e. The van der Waals surface area contributed by atoms with Crippen molar-refractivity contribution in [2.24, 2.45) is 0 Å². The van der Waals surface area contributed by atoms with Crippen LogP contribution in [-0.4, -0.2) is 23.2 Å². The number of carbonyl (C=O) groups is 1. The van der Waals surface area contributed by atoms with Gasteiger partial charge in [0.1, 0.15) is 6.61 Å². The van der Waals surface area contributed by atoms with Gasteiger partial charge in [0.15, 0.2) is 5.13 Å². The van der Waals surface area contributed by atoms with E-state index < -0.39 is 23.4 Å². The number of halogens is 3. The van der Waals surface area contributed by atoms with Crippen molar-refractivity contribution in [1.82, 2.24) is 4.98 Å². The van der Waals surface area contributed by atoms with Gasteiger partial charge in [-0.1, -0.05) is 12.1 Å². The lowest BCUT2D eigenvalue weighted by Gasteiger charge is -2.24. The van der Waals surface area contributed by atoms with Crippen LogP contribution in [0.15, 0.2) is 29.6 Å². The van der Waals surface area contributed by atoms with Crippen molar-refractivity contribution in [2.45, 2.75) is 25.6 Å². The first-order valence-corrected chi connectivity index (χ1v) is 7.66. The average Bonchev–Trinajstić information content (AvgIpc) is 3.03. The molecule has 0 spiro atoms. The smallest absolute Gasteiger partial charge is 0.416 e. The standard InChI is InChI=1S/C15H13F3N2O2S/c1-14(2)8-22-13(21)20(14)12-19-11(7-23-12)9-4-3-5-10(6-9)15(16,17)18/h3-7H,8H2,1-2H3. The van der Waals surface area contributed by atoms with Gasteiger partial charge >= 0.3 is 12.3 Å². The maximum atomic E-state index is 12.8. The number of hydrogen-bond donors (Lipinski definition) is 0. The van der Waals surface area contributed by atoms with Gasteiger partial charge in [0.05, 0.1) is 16.8 Å². The number of ether oxygens (including phenoxy) is 1. The summed E-state index contributed by atoms with van der Waals surface area (Å²) in [6.07, 6.45) is -4.91. The summed E-state index contributed by atoms with van der Waals surface area (Å²) in [5.74, 6) is 0. The summed E-state index contributed by atoms with van der Waals surface area (Å²) in [4.78, 5) is 17.6. The highest BCUT2D eigenvalue weighted by molar-refractivity contribution is 7.14. The maximum absolute atomic E-state index is 12.8. The average molecular weight is 342 g/mol. The number of carbonyl (C=O) groups excluding carboxylic acids is 1. The highest BCUT2D eigenvalue weighted by atomic mass is 32.1. The number of rotatable bonds is 2. The van der Waals surface area contributed by atoms with E-state index in [2.05, 4.69) is 4.98 Å². The van der Waals surface area contributed by atoms with Crippen LogP contribution in [0, 0.1) is 0 Å². The molecule has 0 aliphatic carbocycles. The predicted octanol–water partition coefficient (Wildman–Crippen LogP) is 4.56. The first-order valence-electron chi connectivity index (χ1n) is 6.79. The minimum atomic E-state index is -4.41. The Bertz CT molecular complexity index is 755. The molecule has 1 fully saturated rings. The first-order chi connectivity index (χ1) is 10.7. The molecule has 3 rings (SSSR count). The number of aromatic nitrogens is 1. The summed E-state index contributed by atoms with van der Waals surface area (Å²) < 4.78 is 43.4. The Balaban J connectivity index is 1.95. The molecule has 0 saturated carbocycles. The Hall–Kier alpha value is -2.09. The molecule has 1 aliphatic rings. The number of nitrogens with zero attached hydrogens (tertiary/aromatic N) is 2. The van der Waals surface area contributed by atoms with E-state index in [0.717, 1.165) is 12.1 Å². The third-order valence-corrected chi connectivity index (χ3v) is 4.33. The molecule has 4 nitrogen and oxygen atoms in total. The van der Waals surface area contributed by atoms with E-state index in [4.69, 9.17) is 4.74 Å². The molecule has 0 N–H and O–H groups in total.